The van der Waals surface area contributed by atoms with Crippen LogP contribution in [0.3, 0.4) is 0 Å². The number of hydrazine groups is 1. The first kappa shape index (κ1) is 21.5. The van der Waals surface area contributed by atoms with Crippen molar-refractivity contribution in [3.63, 3.8) is 0 Å². The second-order valence-corrected chi connectivity index (χ2v) is 8.44. The summed E-state index contributed by atoms with van der Waals surface area (Å²) >= 11 is 0. The summed E-state index contributed by atoms with van der Waals surface area (Å²) < 4.78 is 5.31. The van der Waals surface area contributed by atoms with Crippen LogP contribution in [0.4, 0.5) is 4.79 Å². The summed E-state index contributed by atoms with van der Waals surface area (Å²) in [4.78, 5) is 35.9. The van der Waals surface area contributed by atoms with Crippen LogP contribution in [0.2, 0.25) is 0 Å². The van der Waals surface area contributed by atoms with Crippen molar-refractivity contribution >= 4 is 11.9 Å². The third-order valence-electron chi connectivity index (χ3n) is 6.34. The number of allylic oxidation sites excluding steroid dienone is 2. The van der Waals surface area contributed by atoms with Gasteiger partial charge in [0.25, 0.3) is 5.91 Å². The lowest BCUT2D eigenvalue weighted by Crippen LogP contribution is -2.61. The summed E-state index contributed by atoms with van der Waals surface area (Å²) in [5.74, 6) is 4.80. The topological polar surface area (TPSA) is 104 Å². The van der Waals surface area contributed by atoms with Crippen LogP contribution in [0.1, 0.15) is 29.4 Å². The van der Waals surface area contributed by atoms with Gasteiger partial charge in [0.05, 0.1) is 42.6 Å². The van der Waals surface area contributed by atoms with Crippen LogP contribution in [0.5, 0.6) is 0 Å². The molecule has 3 heterocycles. The predicted octanol–water partition coefficient (Wildman–Crippen LogP) is 0.898. The third-order valence-corrected chi connectivity index (χ3v) is 6.34. The molecule has 4 rings (SSSR count). The molecule has 1 aromatic heterocycles. The molecular formula is C22H30N6O3. The number of nitrogen functional groups attached to an aromatic ring is 1. The van der Waals surface area contributed by atoms with Gasteiger partial charge in [0.2, 0.25) is 0 Å². The van der Waals surface area contributed by atoms with E-state index >= 15 is 0 Å². The summed E-state index contributed by atoms with van der Waals surface area (Å²) in [6.45, 7) is 7.13. The number of aromatic nitrogens is 1. The summed E-state index contributed by atoms with van der Waals surface area (Å²) in [7, 11) is 0. The highest BCUT2D eigenvalue weighted by Gasteiger charge is 2.38. The molecule has 1 aliphatic carbocycles. The Balaban J connectivity index is 1.49. The number of piperazine rings is 1. The first-order valence-electron chi connectivity index (χ1n) is 10.7. The Kier molecular flexibility index (Phi) is 6.35. The fraction of sp³-hybridized carbons (Fsp3) is 0.500. The van der Waals surface area contributed by atoms with Crippen LogP contribution in [-0.4, -0.2) is 82.6 Å². The zero-order valence-electron chi connectivity index (χ0n) is 17.9. The molecule has 1 unspecified atom stereocenters. The Morgan fingerprint density at radius 2 is 2.03 bits per heavy atom. The fourth-order valence-electron chi connectivity index (χ4n) is 4.16. The number of urea groups is 1. The van der Waals surface area contributed by atoms with Crippen molar-refractivity contribution in [2.45, 2.75) is 31.5 Å². The monoisotopic (exact) mass is 426 g/mol. The van der Waals surface area contributed by atoms with Gasteiger partial charge in [0.1, 0.15) is 0 Å². The van der Waals surface area contributed by atoms with Crippen LogP contribution >= 0.6 is 0 Å². The molecule has 9 heteroatoms. The number of carbonyl (C=O) groups excluding carboxylic acids is 2. The van der Waals surface area contributed by atoms with E-state index in [1.165, 1.54) is 6.20 Å². The van der Waals surface area contributed by atoms with E-state index in [1.807, 2.05) is 22.0 Å². The van der Waals surface area contributed by atoms with E-state index in [0.29, 0.717) is 31.2 Å². The predicted molar refractivity (Wildman–Crippen MR) is 116 cm³/mol. The Labute approximate surface area is 182 Å². The minimum absolute atomic E-state index is 0.0116. The second kappa shape index (κ2) is 9.17. The van der Waals surface area contributed by atoms with Gasteiger partial charge in [-0.25, -0.2) is 10.6 Å². The Hall–Kier alpha value is -2.75. The van der Waals surface area contributed by atoms with Crippen LogP contribution < -0.4 is 11.3 Å². The first-order chi connectivity index (χ1) is 15.0. The number of ether oxygens (including phenoxy) is 1. The lowest BCUT2D eigenvalue weighted by atomic mass is 9.91. The van der Waals surface area contributed by atoms with E-state index in [4.69, 9.17) is 10.6 Å². The molecule has 166 valence electrons. The average molecular weight is 427 g/mol. The van der Waals surface area contributed by atoms with Crippen molar-refractivity contribution in [1.29, 1.82) is 0 Å². The molecule has 3 aliphatic rings. The largest absolute Gasteiger partial charge is 0.378 e. The van der Waals surface area contributed by atoms with Crippen LogP contribution in [0.15, 0.2) is 42.6 Å². The van der Waals surface area contributed by atoms with Crippen molar-refractivity contribution in [2.75, 3.05) is 39.4 Å². The van der Waals surface area contributed by atoms with E-state index in [1.54, 1.807) is 12.1 Å². The first-order valence-corrected chi connectivity index (χ1v) is 10.7. The molecule has 0 spiro atoms. The van der Waals surface area contributed by atoms with Gasteiger partial charge >= 0.3 is 6.03 Å². The highest BCUT2D eigenvalue weighted by molar-refractivity contribution is 5.93. The van der Waals surface area contributed by atoms with Crippen molar-refractivity contribution < 1.29 is 14.3 Å². The number of nitrogens with two attached hydrogens (primary N) is 1. The lowest BCUT2D eigenvalue weighted by Gasteiger charge is -2.46. The van der Waals surface area contributed by atoms with Crippen LogP contribution in [-0.2, 0) is 11.3 Å². The molecule has 0 bridgehead atoms. The zero-order chi connectivity index (χ0) is 21.8. The number of hydrogen-bond donors (Lipinski definition) is 2. The number of rotatable bonds is 5. The maximum atomic E-state index is 13.6. The normalized spacial score (nSPS) is 24.0. The summed E-state index contributed by atoms with van der Waals surface area (Å²) in [5.41, 5.74) is 2.76. The Bertz CT molecular complexity index is 859. The average Bonchev–Trinajstić information content (AvgIpc) is 2.76. The number of carbonyl (C=O) groups is 2. The lowest BCUT2D eigenvalue weighted by molar-refractivity contribution is -0.0750. The third kappa shape index (κ3) is 4.63. The maximum absolute atomic E-state index is 13.6. The van der Waals surface area contributed by atoms with Crippen LogP contribution in [0.25, 0.3) is 0 Å². The standard InChI is InChI=1S/C22H30N6O3/c1-22(7-3-2-4-8-22)28(14-18-6-5-17(13-24-18)20(29)25-23)21(30)27-11-9-26(10-12-27)19-15-31-16-19/h2-7,13,19H,8-12,14-16,23H2,1H3,(H,25,29). The molecule has 1 atom stereocenters. The highest BCUT2D eigenvalue weighted by Crippen LogP contribution is 2.28. The molecule has 2 fully saturated rings. The fourth-order valence-corrected chi connectivity index (χ4v) is 4.16. The smallest absolute Gasteiger partial charge is 0.321 e. The molecule has 9 nitrogen and oxygen atoms in total. The van der Waals surface area contributed by atoms with Gasteiger partial charge in [-0.3, -0.25) is 20.1 Å². The summed E-state index contributed by atoms with van der Waals surface area (Å²) in [6, 6.07) is 3.94. The van der Waals surface area contributed by atoms with Crippen LogP contribution in [0, 0.1) is 0 Å². The minimum Gasteiger partial charge on any atom is -0.378 e. The molecule has 0 saturated carbocycles. The van der Waals surface area contributed by atoms with E-state index < -0.39 is 11.4 Å². The Morgan fingerprint density at radius 3 is 2.58 bits per heavy atom. The quantitative estimate of drug-likeness (QED) is 0.412. The minimum atomic E-state index is -0.445. The summed E-state index contributed by atoms with van der Waals surface area (Å²) in [5, 5.41) is 0. The number of nitrogens with one attached hydrogen (secondary N) is 1. The van der Waals surface area contributed by atoms with Crippen molar-refractivity contribution in [3.8, 4) is 0 Å². The van der Waals surface area contributed by atoms with Gasteiger partial charge < -0.3 is 14.5 Å². The van der Waals surface area contributed by atoms with E-state index in [0.717, 1.165) is 38.4 Å². The number of amides is 3. The maximum Gasteiger partial charge on any atom is 0.321 e. The van der Waals surface area contributed by atoms with Crippen molar-refractivity contribution in [2.24, 2.45) is 5.84 Å². The van der Waals surface area contributed by atoms with Gasteiger partial charge in [-0.15, -0.1) is 0 Å². The SMILES string of the molecule is CC1(N(Cc2ccc(C(=O)NN)cn2)C(=O)N2CCN(C3COC3)CC2)C=CC=CC1. The molecule has 3 N–H and O–H groups in total. The van der Waals surface area contributed by atoms with Gasteiger partial charge in [0, 0.05) is 32.4 Å². The molecule has 0 radical (unpaired) electrons. The van der Waals surface area contributed by atoms with E-state index in [9.17, 15) is 9.59 Å². The molecule has 1 aromatic rings. The molecule has 3 amide bonds. The number of hydrogen-bond acceptors (Lipinski definition) is 6. The van der Waals surface area contributed by atoms with E-state index in [-0.39, 0.29) is 6.03 Å². The Morgan fingerprint density at radius 1 is 1.26 bits per heavy atom. The second-order valence-electron chi connectivity index (χ2n) is 8.44. The highest BCUT2D eigenvalue weighted by atomic mass is 16.5. The molecule has 0 aromatic carbocycles. The molecule has 2 aliphatic heterocycles. The van der Waals surface area contributed by atoms with Gasteiger partial charge in [-0.1, -0.05) is 24.3 Å². The van der Waals surface area contributed by atoms with Crippen molar-refractivity contribution in [1.82, 2.24) is 25.1 Å². The van der Waals surface area contributed by atoms with Gasteiger partial charge in [-0.2, -0.15) is 0 Å². The number of pyridine rings is 1. The number of nitrogens with zero attached hydrogens (tertiary/aromatic N) is 4. The molecular weight excluding hydrogens is 396 g/mol. The van der Waals surface area contributed by atoms with Crippen molar-refractivity contribution in [3.05, 3.63) is 53.9 Å². The van der Waals surface area contributed by atoms with E-state index in [2.05, 4.69) is 34.4 Å². The van der Waals surface area contributed by atoms with Gasteiger partial charge in [-0.05, 0) is 25.5 Å². The summed E-state index contributed by atoms with van der Waals surface area (Å²) in [6.07, 6.45) is 10.4. The molecule has 2 saturated heterocycles. The zero-order valence-corrected chi connectivity index (χ0v) is 17.9. The van der Waals surface area contributed by atoms with Gasteiger partial charge in [0.15, 0.2) is 0 Å². The molecule has 31 heavy (non-hydrogen) atoms.